The van der Waals surface area contributed by atoms with E-state index in [2.05, 4.69) is 20.8 Å². The van der Waals surface area contributed by atoms with Crippen LogP contribution in [0.5, 0.6) is 0 Å². The summed E-state index contributed by atoms with van der Waals surface area (Å²) in [5.41, 5.74) is 0. The molecule has 0 aromatic rings. The summed E-state index contributed by atoms with van der Waals surface area (Å²) in [7, 11) is 0.422. The van der Waals surface area contributed by atoms with Crippen molar-refractivity contribution in [3.05, 3.63) is 0 Å². The molecule has 0 heterocycles. The van der Waals surface area contributed by atoms with Gasteiger partial charge in [0.05, 0.1) is 0 Å². The van der Waals surface area contributed by atoms with Crippen LogP contribution in [0.2, 0.25) is 0 Å². The van der Waals surface area contributed by atoms with Crippen molar-refractivity contribution in [3.63, 3.8) is 0 Å². The van der Waals surface area contributed by atoms with Gasteiger partial charge >= 0.3 is 22.4 Å². The Morgan fingerprint density at radius 1 is 0.889 bits per heavy atom. The molecule has 0 amide bonds. The topological polar surface area (TPSA) is 40.1 Å². The molecule has 2 nitrogen and oxygen atoms in total. The first kappa shape index (κ1) is 23.7. The zero-order valence-electron chi connectivity index (χ0n) is 12.4. The molecule has 0 aliphatic rings. The van der Waals surface area contributed by atoms with Gasteiger partial charge in [-0.05, 0) is 44.7 Å². The van der Waals surface area contributed by atoms with Crippen LogP contribution in [0.3, 0.4) is 0 Å². The van der Waals surface area contributed by atoms with Crippen LogP contribution in [-0.4, -0.2) is 24.5 Å². The van der Waals surface area contributed by atoms with Crippen molar-refractivity contribution < 1.29 is 32.3 Å². The Labute approximate surface area is 131 Å². The van der Waals surface area contributed by atoms with Crippen LogP contribution >= 0.6 is 7.92 Å². The van der Waals surface area contributed by atoms with Crippen LogP contribution in [0.15, 0.2) is 0 Å². The molecule has 4 heteroatoms. The van der Waals surface area contributed by atoms with E-state index in [-0.39, 0.29) is 22.4 Å². The molecule has 0 radical (unpaired) electrons. The number of hydrogen-bond acceptors (Lipinski definition) is 2. The molecule has 0 unspecified atom stereocenters. The number of hydrogen-bond donors (Lipinski definition) is 0. The summed E-state index contributed by atoms with van der Waals surface area (Å²) in [5.74, 6) is -1.08. The first-order chi connectivity index (χ1) is 8.08. The summed E-state index contributed by atoms with van der Waals surface area (Å²) < 4.78 is 0. The van der Waals surface area contributed by atoms with Crippen LogP contribution in [0, 0.1) is 0 Å². The normalized spacial score (nSPS) is 9.39. The van der Waals surface area contributed by atoms with E-state index in [1.807, 2.05) is 0 Å². The van der Waals surface area contributed by atoms with Gasteiger partial charge in [0, 0.05) is 5.97 Å². The molecule has 0 aliphatic carbocycles. The average Bonchev–Trinajstić information content (AvgIpc) is 2.27. The van der Waals surface area contributed by atoms with Gasteiger partial charge in [-0.2, -0.15) is 0 Å². The van der Waals surface area contributed by atoms with Crippen molar-refractivity contribution >= 4 is 13.9 Å². The fourth-order valence-corrected chi connectivity index (χ4v) is 4.44. The van der Waals surface area contributed by atoms with Gasteiger partial charge < -0.3 is 9.90 Å². The summed E-state index contributed by atoms with van der Waals surface area (Å²) in [5, 5.41) is 8.89. The molecule has 0 spiro atoms. The van der Waals surface area contributed by atoms with E-state index in [1.165, 1.54) is 38.5 Å². The predicted octanol–water partition coefficient (Wildman–Crippen LogP) is 3.62. The van der Waals surface area contributed by atoms with Gasteiger partial charge in [-0.25, -0.2) is 0 Å². The molecule has 0 bridgehead atoms. The van der Waals surface area contributed by atoms with Gasteiger partial charge in [0.25, 0.3) is 0 Å². The fourth-order valence-electron chi connectivity index (χ4n) is 1.48. The van der Waals surface area contributed by atoms with Crippen molar-refractivity contribution in [3.8, 4) is 0 Å². The molecule has 0 atom stereocenters. The first-order valence-corrected chi connectivity index (χ1v) is 8.88. The van der Waals surface area contributed by atoms with Crippen LogP contribution in [0.4, 0.5) is 0 Å². The average molecular weight is 369 g/mol. The van der Waals surface area contributed by atoms with Crippen LogP contribution < -0.4 is 5.11 Å². The monoisotopic (exact) mass is 368 g/mol. The predicted molar refractivity (Wildman–Crippen MR) is 76.9 cm³/mol. The van der Waals surface area contributed by atoms with Crippen molar-refractivity contribution in [1.82, 2.24) is 0 Å². The van der Waals surface area contributed by atoms with Crippen LogP contribution in [0.25, 0.3) is 0 Å². The van der Waals surface area contributed by atoms with Gasteiger partial charge in [-0.15, -0.1) is 7.92 Å². The number of rotatable bonds is 9. The van der Waals surface area contributed by atoms with Gasteiger partial charge in [0.2, 0.25) is 0 Å². The standard InChI is InChI=1S/C12H27P.C2H4O2.Ag/c1-4-7-10-13(11-8-5-2)12-9-6-3;1-2(3)4;/h4-12H2,1-3H3;1H3,(H,3,4);/q;;+1/p-1. The number of unbranched alkanes of at least 4 members (excludes halogenated alkanes) is 3. The number of carbonyl (C=O) groups excluding carboxylic acids is 1. The van der Waals surface area contributed by atoms with Gasteiger partial charge in [-0.3, -0.25) is 0 Å². The molecule has 0 aromatic carbocycles. The molecule has 18 heavy (non-hydrogen) atoms. The number of aliphatic carboxylic acids is 1. The molecule has 0 fully saturated rings. The Bertz CT molecular complexity index is 143. The Kier molecular flexibility index (Phi) is 26.3. The maximum Gasteiger partial charge on any atom is 1.00 e. The van der Waals surface area contributed by atoms with Gasteiger partial charge in [0.1, 0.15) is 0 Å². The molecular weight excluding hydrogens is 339 g/mol. The molecule has 0 aromatic heterocycles. The molecule has 0 saturated carbocycles. The summed E-state index contributed by atoms with van der Waals surface area (Å²) in [4.78, 5) is 8.89. The second-order valence-corrected chi connectivity index (χ2v) is 7.08. The van der Waals surface area contributed by atoms with E-state index >= 15 is 0 Å². The Morgan fingerprint density at radius 3 is 1.28 bits per heavy atom. The minimum Gasteiger partial charge on any atom is -0.550 e. The number of carbonyl (C=O) groups is 1. The second kappa shape index (κ2) is 20.0. The molecule has 0 saturated heterocycles. The smallest absolute Gasteiger partial charge is 0.550 e. The Morgan fingerprint density at radius 2 is 1.11 bits per heavy atom. The quantitative estimate of drug-likeness (QED) is 0.460. The molecule has 0 N–H and O–H groups in total. The minimum absolute atomic E-state index is 0. The fraction of sp³-hybridized carbons (Fsp3) is 0.929. The largest absolute Gasteiger partial charge is 1.00 e. The van der Waals surface area contributed by atoms with E-state index in [0.29, 0.717) is 7.92 Å². The molecule has 114 valence electrons. The summed E-state index contributed by atoms with van der Waals surface area (Å²) in [6.45, 7) is 7.91. The SMILES string of the molecule is CC(=O)[O-].CCCCP(CCCC)CCCC.[Ag+]. The summed E-state index contributed by atoms with van der Waals surface area (Å²) in [6, 6.07) is 0. The first-order valence-electron chi connectivity index (χ1n) is 6.98. The Balaban J connectivity index is -0.000000392. The van der Waals surface area contributed by atoms with E-state index in [4.69, 9.17) is 9.90 Å². The summed E-state index contributed by atoms with van der Waals surface area (Å²) in [6.07, 6.45) is 13.2. The zero-order chi connectivity index (χ0) is 13.5. The van der Waals surface area contributed by atoms with E-state index in [1.54, 1.807) is 18.5 Å². The maximum absolute atomic E-state index is 8.89. The molecular formula is C14H30AgO2P. The molecule has 0 aliphatic heterocycles. The molecule has 0 rings (SSSR count). The van der Waals surface area contributed by atoms with Gasteiger partial charge in [-0.1, -0.05) is 40.0 Å². The number of carboxylic acid groups (broad SMARTS) is 1. The van der Waals surface area contributed by atoms with Gasteiger partial charge in [0.15, 0.2) is 0 Å². The van der Waals surface area contributed by atoms with Crippen molar-refractivity contribution in [2.24, 2.45) is 0 Å². The third kappa shape index (κ3) is 25.5. The Hall–Kier alpha value is 0.640. The third-order valence-electron chi connectivity index (χ3n) is 2.48. The zero-order valence-corrected chi connectivity index (χ0v) is 14.8. The van der Waals surface area contributed by atoms with E-state index in [0.717, 1.165) is 6.92 Å². The second-order valence-electron chi connectivity index (χ2n) is 4.39. The summed E-state index contributed by atoms with van der Waals surface area (Å²) >= 11 is 0. The van der Waals surface area contributed by atoms with Crippen LogP contribution in [0.1, 0.15) is 66.2 Å². The minimum atomic E-state index is -1.08. The maximum atomic E-state index is 8.89. The van der Waals surface area contributed by atoms with E-state index < -0.39 is 5.97 Å². The van der Waals surface area contributed by atoms with Crippen molar-refractivity contribution in [1.29, 1.82) is 0 Å². The number of carboxylic acids is 1. The van der Waals surface area contributed by atoms with E-state index in [9.17, 15) is 0 Å². The third-order valence-corrected chi connectivity index (χ3v) is 5.33. The van der Waals surface area contributed by atoms with Crippen LogP contribution in [-0.2, 0) is 27.2 Å². The van der Waals surface area contributed by atoms with Crippen molar-refractivity contribution in [2.45, 2.75) is 66.2 Å². The van der Waals surface area contributed by atoms with Crippen molar-refractivity contribution in [2.75, 3.05) is 18.5 Å².